The Balaban J connectivity index is 2.07. The van der Waals surface area contributed by atoms with E-state index in [9.17, 15) is 14.4 Å². The molecule has 1 heterocycles. The van der Waals surface area contributed by atoms with Crippen LogP contribution in [0.5, 0.6) is 0 Å². The molecule has 1 fully saturated rings. The number of aliphatic hydroxyl groups excluding tert-OH is 1. The molecule has 2 rings (SSSR count). The van der Waals surface area contributed by atoms with Crippen molar-refractivity contribution in [3.8, 4) is 0 Å². The topological polar surface area (TPSA) is 98.7 Å². The molecule has 3 N–H and O–H groups in total. The minimum atomic E-state index is -0.590. The molecule has 0 radical (unpaired) electrons. The van der Waals surface area contributed by atoms with Crippen molar-refractivity contribution in [3.05, 3.63) is 35.4 Å². The molecular formula is C19H27N3O4. The summed E-state index contributed by atoms with van der Waals surface area (Å²) in [5.41, 5.74) is 2.01. The van der Waals surface area contributed by atoms with Gasteiger partial charge in [0.05, 0.1) is 13.0 Å². The zero-order chi connectivity index (χ0) is 19.1. The lowest BCUT2D eigenvalue weighted by atomic mass is 10.1. The summed E-state index contributed by atoms with van der Waals surface area (Å²) < 4.78 is 0. The minimum Gasteiger partial charge on any atom is -0.396 e. The second-order valence-corrected chi connectivity index (χ2v) is 6.59. The van der Waals surface area contributed by atoms with Gasteiger partial charge in [0.25, 0.3) is 0 Å². The maximum atomic E-state index is 12.8. The van der Waals surface area contributed by atoms with Crippen LogP contribution in [0.25, 0.3) is 0 Å². The monoisotopic (exact) mass is 361 g/mol. The Morgan fingerprint density at radius 1 is 1.23 bits per heavy atom. The number of carbonyl (C=O) groups is 3. The number of likely N-dealkylation sites (tertiary alicyclic amines) is 1. The molecule has 3 amide bonds. The summed E-state index contributed by atoms with van der Waals surface area (Å²) in [6.45, 7) is 4.36. The normalized spacial score (nSPS) is 19.3. The molecule has 1 aliphatic heterocycles. The average molecular weight is 361 g/mol. The van der Waals surface area contributed by atoms with Crippen molar-refractivity contribution in [2.24, 2.45) is 0 Å². The van der Waals surface area contributed by atoms with E-state index in [1.807, 2.05) is 38.1 Å². The lowest BCUT2D eigenvalue weighted by Crippen LogP contribution is -2.46. The SMILES string of the molecule is CCNC(=O)[C@@H]1C[C@@H](NC(=O)CCO)CN1C(=O)Cc1ccc(C)cc1. The van der Waals surface area contributed by atoms with Crippen molar-refractivity contribution in [1.82, 2.24) is 15.5 Å². The maximum Gasteiger partial charge on any atom is 0.242 e. The van der Waals surface area contributed by atoms with Gasteiger partial charge in [-0.15, -0.1) is 0 Å². The van der Waals surface area contributed by atoms with Crippen LogP contribution in [0, 0.1) is 6.92 Å². The van der Waals surface area contributed by atoms with Gasteiger partial charge in [-0.05, 0) is 25.8 Å². The number of aryl methyl sites for hydroxylation is 1. The van der Waals surface area contributed by atoms with E-state index in [-0.39, 0.29) is 43.2 Å². The molecule has 0 aliphatic carbocycles. The Morgan fingerprint density at radius 2 is 1.92 bits per heavy atom. The van der Waals surface area contributed by atoms with Crippen molar-refractivity contribution in [1.29, 1.82) is 0 Å². The first-order valence-electron chi connectivity index (χ1n) is 8.97. The molecule has 26 heavy (non-hydrogen) atoms. The van der Waals surface area contributed by atoms with Gasteiger partial charge >= 0.3 is 0 Å². The van der Waals surface area contributed by atoms with Crippen molar-refractivity contribution in [2.45, 2.75) is 45.2 Å². The third-order valence-electron chi connectivity index (χ3n) is 4.46. The fraction of sp³-hybridized carbons (Fsp3) is 0.526. The number of hydrogen-bond acceptors (Lipinski definition) is 4. The predicted molar refractivity (Wildman–Crippen MR) is 97.3 cm³/mol. The number of benzene rings is 1. The van der Waals surface area contributed by atoms with Crippen LogP contribution in [-0.2, 0) is 20.8 Å². The number of nitrogens with one attached hydrogen (secondary N) is 2. The molecule has 7 heteroatoms. The summed E-state index contributed by atoms with van der Waals surface area (Å²) in [4.78, 5) is 38.4. The molecule has 0 aromatic heterocycles. The van der Waals surface area contributed by atoms with Gasteiger partial charge < -0.3 is 20.6 Å². The first kappa shape index (κ1) is 19.9. The van der Waals surface area contributed by atoms with E-state index in [0.29, 0.717) is 19.5 Å². The quantitative estimate of drug-likeness (QED) is 0.643. The highest BCUT2D eigenvalue weighted by Crippen LogP contribution is 2.20. The third-order valence-corrected chi connectivity index (χ3v) is 4.46. The zero-order valence-corrected chi connectivity index (χ0v) is 15.3. The standard InChI is InChI=1S/C19H27N3O4/c1-3-20-19(26)16-11-15(21-17(24)8-9-23)12-22(16)18(25)10-14-6-4-13(2)5-7-14/h4-7,15-16,23H,3,8-12H2,1-2H3,(H,20,26)(H,21,24)/t15-,16+/m1/s1. The fourth-order valence-corrected chi connectivity index (χ4v) is 3.14. The molecule has 0 spiro atoms. The lowest BCUT2D eigenvalue weighted by Gasteiger charge is -2.23. The number of hydrogen-bond donors (Lipinski definition) is 3. The summed E-state index contributed by atoms with van der Waals surface area (Å²) in [6, 6.07) is 6.84. The second-order valence-electron chi connectivity index (χ2n) is 6.59. The Hall–Kier alpha value is -2.41. The molecule has 7 nitrogen and oxygen atoms in total. The van der Waals surface area contributed by atoms with Crippen molar-refractivity contribution >= 4 is 17.7 Å². The highest BCUT2D eigenvalue weighted by molar-refractivity contribution is 5.89. The van der Waals surface area contributed by atoms with E-state index in [0.717, 1.165) is 11.1 Å². The molecule has 2 atom stereocenters. The number of rotatable bonds is 7. The van der Waals surface area contributed by atoms with Gasteiger partial charge in [-0.25, -0.2) is 0 Å². The fourth-order valence-electron chi connectivity index (χ4n) is 3.14. The smallest absolute Gasteiger partial charge is 0.242 e. The third kappa shape index (κ3) is 5.29. The molecule has 1 saturated heterocycles. The molecule has 0 saturated carbocycles. The summed E-state index contributed by atoms with van der Waals surface area (Å²) in [6.07, 6.45) is 0.607. The van der Waals surface area contributed by atoms with E-state index in [1.165, 1.54) is 0 Å². The number of aliphatic hydroxyl groups is 1. The van der Waals surface area contributed by atoms with Crippen LogP contribution in [0.1, 0.15) is 30.9 Å². The van der Waals surface area contributed by atoms with Crippen LogP contribution in [0.15, 0.2) is 24.3 Å². The van der Waals surface area contributed by atoms with E-state index < -0.39 is 6.04 Å². The Morgan fingerprint density at radius 3 is 2.54 bits per heavy atom. The van der Waals surface area contributed by atoms with Crippen LogP contribution in [0.3, 0.4) is 0 Å². The van der Waals surface area contributed by atoms with E-state index in [4.69, 9.17) is 5.11 Å². The van der Waals surface area contributed by atoms with Gasteiger partial charge in [-0.2, -0.15) is 0 Å². The van der Waals surface area contributed by atoms with Gasteiger partial charge in [-0.3, -0.25) is 14.4 Å². The van der Waals surface area contributed by atoms with Crippen molar-refractivity contribution in [2.75, 3.05) is 19.7 Å². The number of likely N-dealkylation sites (N-methyl/N-ethyl adjacent to an activating group) is 1. The molecular weight excluding hydrogens is 334 g/mol. The van der Waals surface area contributed by atoms with Crippen LogP contribution >= 0.6 is 0 Å². The molecule has 1 aliphatic rings. The van der Waals surface area contributed by atoms with E-state index in [1.54, 1.807) is 4.90 Å². The largest absolute Gasteiger partial charge is 0.396 e. The minimum absolute atomic E-state index is 0.0135. The van der Waals surface area contributed by atoms with Gasteiger partial charge in [0, 0.05) is 25.6 Å². The number of carbonyl (C=O) groups excluding carboxylic acids is 3. The van der Waals surface area contributed by atoms with E-state index in [2.05, 4.69) is 10.6 Å². The van der Waals surface area contributed by atoms with Gasteiger partial charge in [0.15, 0.2) is 0 Å². The Labute approximate surface area is 153 Å². The predicted octanol–water partition coefficient (Wildman–Crippen LogP) is 0.142. The summed E-state index contributed by atoms with van der Waals surface area (Å²) >= 11 is 0. The average Bonchev–Trinajstić information content (AvgIpc) is 3.01. The summed E-state index contributed by atoms with van der Waals surface area (Å²) in [7, 11) is 0. The van der Waals surface area contributed by atoms with Crippen LogP contribution in [0.4, 0.5) is 0 Å². The number of nitrogens with zero attached hydrogens (tertiary/aromatic N) is 1. The Bertz CT molecular complexity index is 645. The van der Waals surface area contributed by atoms with E-state index >= 15 is 0 Å². The lowest BCUT2D eigenvalue weighted by molar-refractivity contribution is -0.137. The highest BCUT2D eigenvalue weighted by atomic mass is 16.3. The first-order valence-corrected chi connectivity index (χ1v) is 8.97. The van der Waals surface area contributed by atoms with Crippen LogP contribution < -0.4 is 10.6 Å². The first-order chi connectivity index (χ1) is 12.4. The zero-order valence-electron chi connectivity index (χ0n) is 15.3. The van der Waals surface area contributed by atoms with Crippen molar-refractivity contribution < 1.29 is 19.5 Å². The molecule has 0 bridgehead atoms. The van der Waals surface area contributed by atoms with Gasteiger partial charge in [0.1, 0.15) is 6.04 Å². The molecule has 142 valence electrons. The number of amides is 3. The maximum absolute atomic E-state index is 12.8. The summed E-state index contributed by atoms with van der Waals surface area (Å²) in [5, 5.41) is 14.4. The molecule has 1 aromatic carbocycles. The molecule has 0 unspecified atom stereocenters. The summed E-state index contributed by atoms with van der Waals surface area (Å²) in [5.74, 6) is -0.618. The Kier molecular flexibility index (Phi) is 7.15. The second kappa shape index (κ2) is 9.33. The van der Waals surface area contributed by atoms with Crippen LogP contribution in [-0.4, -0.2) is 59.5 Å². The molecule has 1 aromatic rings. The highest BCUT2D eigenvalue weighted by Gasteiger charge is 2.39. The van der Waals surface area contributed by atoms with Crippen LogP contribution in [0.2, 0.25) is 0 Å². The van der Waals surface area contributed by atoms with Crippen molar-refractivity contribution in [3.63, 3.8) is 0 Å². The van der Waals surface area contributed by atoms with Gasteiger partial charge in [-0.1, -0.05) is 29.8 Å². The van der Waals surface area contributed by atoms with Gasteiger partial charge in [0.2, 0.25) is 17.7 Å².